The number of nitrogens with zero attached hydrogens (tertiary/aromatic N) is 1. The summed E-state index contributed by atoms with van der Waals surface area (Å²) in [5, 5.41) is 7.64. The van der Waals surface area contributed by atoms with E-state index in [0.29, 0.717) is 13.2 Å². The molecule has 2 atom stereocenters. The first-order chi connectivity index (χ1) is 9.85. The summed E-state index contributed by atoms with van der Waals surface area (Å²) < 4.78 is 5.78. The van der Waals surface area contributed by atoms with E-state index in [1.165, 1.54) is 0 Å². The molecule has 0 spiro atoms. The monoisotopic (exact) mass is 310 g/mol. The van der Waals surface area contributed by atoms with Crippen LogP contribution in [0.15, 0.2) is 16.8 Å². The summed E-state index contributed by atoms with van der Waals surface area (Å²) in [6, 6.07) is 1.96. The molecular formula is C16H26N2O2S. The van der Waals surface area contributed by atoms with Gasteiger partial charge in [-0.2, -0.15) is 11.3 Å². The van der Waals surface area contributed by atoms with Crippen molar-refractivity contribution < 1.29 is 9.53 Å². The van der Waals surface area contributed by atoms with Gasteiger partial charge in [-0.05, 0) is 49.1 Å². The number of rotatable bonds is 6. The Hall–Kier alpha value is -0.910. The number of carbonyl (C=O) groups excluding carboxylic acids is 1. The fraction of sp³-hybridized carbons (Fsp3) is 0.688. The standard InChI is InChI=1S/C16H26N2O2S/c1-6-20-16(4,5)10-18-14(12-7-8-21-9-12)17-13(11(2)3)15(18)19/h7-9,11,13-14,17H,6,10H2,1-5H3. The summed E-state index contributed by atoms with van der Waals surface area (Å²) in [6.07, 6.45) is -0.0455. The third-order valence-electron chi connectivity index (χ3n) is 3.81. The van der Waals surface area contributed by atoms with Gasteiger partial charge in [0.2, 0.25) is 5.91 Å². The summed E-state index contributed by atoms with van der Waals surface area (Å²) in [5.74, 6) is 0.452. The summed E-state index contributed by atoms with van der Waals surface area (Å²) in [4.78, 5) is 14.7. The van der Waals surface area contributed by atoms with Crippen LogP contribution in [0.2, 0.25) is 0 Å². The van der Waals surface area contributed by atoms with E-state index >= 15 is 0 Å². The van der Waals surface area contributed by atoms with Gasteiger partial charge in [-0.25, -0.2) is 0 Å². The average molecular weight is 310 g/mol. The Labute approximate surface area is 131 Å². The van der Waals surface area contributed by atoms with E-state index < -0.39 is 0 Å². The number of thiophene rings is 1. The summed E-state index contributed by atoms with van der Waals surface area (Å²) in [6.45, 7) is 11.5. The van der Waals surface area contributed by atoms with E-state index in [1.54, 1.807) is 11.3 Å². The van der Waals surface area contributed by atoms with Gasteiger partial charge >= 0.3 is 0 Å². The Kier molecular flexibility index (Phi) is 5.07. The summed E-state index contributed by atoms with van der Waals surface area (Å²) in [5.41, 5.74) is 0.815. The molecule has 1 fully saturated rings. The molecule has 0 bridgehead atoms. The maximum absolute atomic E-state index is 12.7. The van der Waals surface area contributed by atoms with Crippen LogP contribution >= 0.6 is 11.3 Å². The average Bonchev–Trinajstić information content (AvgIpc) is 2.98. The molecule has 0 radical (unpaired) electrons. The molecule has 1 aromatic heterocycles. The Morgan fingerprint density at radius 1 is 1.48 bits per heavy atom. The number of nitrogens with one attached hydrogen (secondary N) is 1. The molecule has 4 nitrogen and oxygen atoms in total. The molecule has 1 aliphatic rings. The highest BCUT2D eigenvalue weighted by molar-refractivity contribution is 7.07. The fourth-order valence-corrected chi connectivity index (χ4v) is 3.52. The summed E-state index contributed by atoms with van der Waals surface area (Å²) >= 11 is 1.66. The van der Waals surface area contributed by atoms with Gasteiger partial charge in [-0.3, -0.25) is 10.1 Å². The lowest BCUT2D eigenvalue weighted by molar-refractivity contribution is -0.135. The van der Waals surface area contributed by atoms with Gasteiger partial charge in [-0.15, -0.1) is 0 Å². The molecule has 0 saturated carbocycles. The number of ether oxygens (including phenoxy) is 1. The van der Waals surface area contributed by atoms with Gasteiger partial charge in [-0.1, -0.05) is 13.8 Å². The predicted octanol–water partition coefficient (Wildman–Crippen LogP) is 3.02. The quantitative estimate of drug-likeness (QED) is 0.878. The normalized spacial score (nSPS) is 23.3. The van der Waals surface area contributed by atoms with Crippen molar-refractivity contribution >= 4 is 17.2 Å². The lowest BCUT2D eigenvalue weighted by Gasteiger charge is -2.33. The molecule has 2 rings (SSSR count). The van der Waals surface area contributed by atoms with Crippen molar-refractivity contribution in [2.75, 3.05) is 13.2 Å². The SMILES string of the molecule is CCOC(C)(C)CN1C(=O)C(C(C)C)NC1c1ccsc1. The van der Waals surface area contributed by atoms with E-state index in [9.17, 15) is 4.79 Å². The van der Waals surface area contributed by atoms with Crippen molar-refractivity contribution in [1.29, 1.82) is 0 Å². The lowest BCUT2D eigenvalue weighted by Crippen LogP contribution is -2.44. The maximum atomic E-state index is 12.7. The molecule has 118 valence electrons. The predicted molar refractivity (Wildman–Crippen MR) is 86.2 cm³/mol. The third-order valence-corrected chi connectivity index (χ3v) is 4.51. The first kappa shape index (κ1) is 16.5. The largest absolute Gasteiger partial charge is 0.374 e. The highest BCUT2D eigenvalue weighted by Gasteiger charge is 2.43. The van der Waals surface area contributed by atoms with Gasteiger partial charge in [0.15, 0.2) is 0 Å². The minimum Gasteiger partial charge on any atom is -0.374 e. The lowest BCUT2D eigenvalue weighted by atomic mass is 10.0. The van der Waals surface area contributed by atoms with Crippen LogP contribution in [-0.2, 0) is 9.53 Å². The van der Waals surface area contributed by atoms with Gasteiger partial charge < -0.3 is 9.64 Å². The Bertz CT molecular complexity index is 471. The number of amides is 1. The molecule has 21 heavy (non-hydrogen) atoms. The van der Waals surface area contributed by atoms with Crippen LogP contribution in [0.3, 0.4) is 0 Å². The topological polar surface area (TPSA) is 41.6 Å². The van der Waals surface area contributed by atoms with Crippen LogP contribution in [-0.4, -0.2) is 35.6 Å². The minimum atomic E-state index is -0.341. The first-order valence-corrected chi connectivity index (χ1v) is 8.52. The van der Waals surface area contributed by atoms with E-state index in [4.69, 9.17) is 4.74 Å². The molecule has 0 aliphatic carbocycles. The Morgan fingerprint density at radius 2 is 2.19 bits per heavy atom. The van der Waals surface area contributed by atoms with Crippen LogP contribution in [0, 0.1) is 5.92 Å². The van der Waals surface area contributed by atoms with Crippen LogP contribution in [0.25, 0.3) is 0 Å². The minimum absolute atomic E-state index is 0.0455. The maximum Gasteiger partial charge on any atom is 0.241 e. The molecule has 5 heteroatoms. The van der Waals surface area contributed by atoms with Crippen molar-refractivity contribution in [2.45, 2.75) is 52.4 Å². The molecule has 1 N–H and O–H groups in total. The molecule has 1 amide bonds. The van der Waals surface area contributed by atoms with E-state index in [1.807, 2.05) is 25.7 Å². The molecule has 1 aliphatic heterocycles. The molecule has 2 unspecified atom stereocenters. The Morgan fingerprint density at radius 3 is 2.71 bits per heavy atom. The molecular weight excluding hydrogens is 284 g/mol. The van der Waals surface area contributed by atoms with Crippen LogP contribution in [0.4, 0.5) is 0 Å². The smallest absolute Gasteiger partial charge is 0.241 e. The zero-order chi connectivity index (χ0) is 15.6. The van der Waals surface area contributed by atoms with Crippen LogP contribution < -0.4 is 5.32 Å². The Balaban J connectivity index is 2.23. The van der Waals surface area contributed by atoms with Gasteiger partial charge in [0.05, 0.1) is 18.2 Å². The molecule has 0 aromatic carbocycles. The van der Waals surface area contributed by atoms with E-state index in [-0.39, 0.29) is 29.6 Å². The third kappa shape index (κ3) is 3.65. The van der Waals surface area contributed by atoms with Gasteiger partial charge in [0.25, 0.3) is 0 Å². The van der Waals surface area contributed by atoms with E-state index in [2.05, 4.69) is 36.0 Å². The van der Waals surface area contributed by atoms with Crippen molar-refractivity contribution in [2.24, 2.45) is 5.92 Å². The van der Waals surface area contributed by atoms with E-state index in [0.717, 1.165) is 5.56 Å². The molecule has 1 saturated heterocycles. The highest BCUT2D eigenvalue weighted by Crippen LogP contribution is 2.31. The van der Waals surface area contributed by atoms with Crippen LogP contribution in [0.5, 0.6) is 0 Å². The fourth-order valence-electron chi connectivity index (χ4n) is 2.84. The van der Waals surface area contributed by atoms with Crippen LogP contribution in [0.1, 0.15) is 46.3 Å². The molecule has 1 aromatic rings. The molecule has 2 heterocycles. The number of hydrogen-bond acceptors (Lipinski definition) is 4. The van der Waals surface area contributed by atoms with Gasteiger partial charge in [0, 0.05) is 6.61 Å². The zero-order valence-corrected chi connectivity index (χ0v) is 14.4. The van der Waals surface area contributed by atoms with Crippen molar-refractivity contribution in [1.82, 2.24) is 10.2 Å². The zero-order valence-electron chi connectivity index (χ0n) is 13.6. The second kappa shape index (κ2) is 6.46. The van der Waals surface area contributed by atoms with Gasteiger partial charge in [0.1, 0.15) is 6.17 Å². The van der Waals surface area contributed by atoms with Crippen molar-refractivity contribution in [3.8, 4) is 0 Å². The summed E-state index contributed by atoms with van der Waals surface area (Å²) in [7, 11) is 0. The van der Waals surface area contributed by atoms with Crippen molar-refractivity contribution in [3.63, 3.8) is 0 Å². The van der Waals surface area contributed by atoms with Crippen molar-refractivity contribution in [3.05, 3.63) is 22.4 Å². The second-order valence-electron chi connectivity index (χ2n) is 6.51. The number of hydrogen-bond donors (Lipinski definition) is 1. The highest BCUT2D eigenvalue weighted by atomic mass is 32.1. The first-order valence-electron chi connectivity index (χ1n) is 7.58. The second-order valence-corrected chi connectivity index (χ2v) is 7.29. The number of carbonyl (C=O) groups is 1.